The van der Waals surface area contributed by atoms with Crippen molar-refractivity contribution >= 4 is 29.8 Å². The summed E-state index contributed by atoms with van der Waals surface area (Å²) < 4.78 is 11.5. The van der Waals surface area contributed by atoms with Gasteiger partial charge in [-0.1, -0.05) is 72.8 Å². The number of nitrogens with zero attached hydrogens (tertiary/aromatic N) is 3. The molecule has 2 unspecified atom stereocenters. The summed E-state index contributed by atoms with van der Waals surface area (Å²) in [5.74, 6) is -1.59. The third-order valence-corrected chi connectivity index (χ3v) is 11.2. The summed E-state index contributed by atoms with van der Waals surface area (Å²) in [7, 11) is 3.30. The molecule has 1 aliphatic heterocycles. The van der Waals surface area contributed by atoms with Crippen molar-refractivity contribution in [1.29, 1.82) is 0 Å². The Morgan fingerprint density at radius 2 is 1.47 bits per heavy atom. The summed E-state index contributed by atoms with van der Waals surface area (Å²) in [6.07, 6.45) is 2.45. The first-order chi connectivity index (χ1) is 28.1. The summed E-state index contributed by atoms with van der Waals surface area (Å²) in [6, 6.07) is 26.6. The van der Waals surface area contributed by atoms with Crippen molar-refractivity contribution in [3.8, 4) is 5.75 Å². The Bertz CT molecular complexity index is 2160. The van der Waals surface area contributed by atoms with Crippen LogP contribution in [0.15, 0.2) is 97.1 Å². The maximum Gasteiger partial charge on any atom is 0.410 e. The van der Waals surface area contributed by atoms with Crippen LogP contribution in [-0.4, -0.2) is 87.4 Å². The zero-order valence-corrected chi connectivity index (χ0v) is 34.6. The molecule has 310 valence electrons. The SMILES string of the molecule is C[C@@H](C(=O)N[C@@H](Cc1ccc(OCc2ccc(C(=O)O)cc2)cc1)C(=O)N1Cc2ccccc2CC1C(=O)N(C)C1CCCc2ccccc21)N(C)C(=O)OC(C)(C)C. The second-order valence-corrected chi connectivity index (χ2v) is 16.5. The lowest BCUT2D eigenvalue weighted by molar-refractivity contribution is -0.149. The van der Waals surface area contributed by atoms with Crippen molar-refractivity contribution in [2.75, 3.05) is 14.1 Å². The summed E-state index contributed by atoms with van der Waals surface area (Å²) in [5, 5.41) is 12.1. The minimum Gasteiger partial charge on any atom is -0.489 e. The highest BCUT2D eigenvalue weighted by Crippen LogP contribution is 2.35. The first-order valence-electron chi connectivity index (χ1n) is 20.1. The van der Waals surface area contributed by atoms with Crippen molar-refractivity contribution in [3.63, 3.8) is 0 Å². The molecular weight excluding hydrogens is 749 g/mol. The topological polar surface area (TPSA) is 146 Å². The highest BCUT2D eigenvalue weighted by Gasteiger charge is 2.41. The molecule has 6 rings (SSSR count). The first kappa shape index (κ1) is 42.4. The zero-order chi connectivity index (χ0) is 42.4. The van der Waals surface area contributed by atoms with Gasteiger partial charge in [0.25, 0.3) is 0 Å². The largest absolute Gasteiger partial charge is 0.489 e. The average Bonchev–Trinajstić information content (AvgIpc) is 3.23. The maximum atomic E-state index is 15.0. The predicted molar refractivity (Wildman–Crippen MR) is 223 cm³/mol. The fourth-order valence-electron chi connectivity index (χ4n) is 7.72. The molecule has 12 heteroatoms. The first-order valence-corrected chi connectivity index (χ1v) is 20.1. The Morgan fingerprint density at radius 1 is 0.847 bits per heavy atom. The van der Waals surface area contributed by atoms with E-state index in [0.717, 1.165) is 47.1 Å². The molecule has 0 aromatic heterocycles. The molecule has 4 amide bonds. The van der Waals surface area contributed by atoms with E-state index in [9.17, 15) is 24.3 Å². The van der Waals surface area contributed by atoms with Gasteiger partial charge >= 0.3 is 12.1 Å². The van der Waals surface area contributed by atoms with Crippen molar-refractivity contribution in [1.82, 2.24) is 20.0 Å². The van der Waals surface area contributed by atoms with E-state index < -0.39 is 47.6 Å². The van der Waals surface area contributed by atoms with E-state index in [0.29, 0.717) is 12.2 Å². The molecule has 12 nitrogen and oxygen atoms in total. The second kappa shape index (κ2) is 18.2. The molecule has 0 saturated heterocycles. The van der Waals surface area contributed by atoms with Crippen LogP contribution in [-0.2, 0) is 51.5 Å². The molecule has 2 N–H and O–H groups in total. The lowest BCUT2D eigenvalue weighted by Crippen LogP contribution is -2.60. The summed E-state index contributed by atoms with van der Waals surface area (Å²) >= 11 is 0. The van der Waals surface area contributed by atoms with Crippen LogP contribution in [0.1, 0.15) is 90.3 Å². The van der Waals surface area contributed by atoms with E-state index in [4.69, 9.17) is 9.47 Å². The van der Waals surface area contributed by atoms with Crippen LogP contribution in [0.3, 0.4) is 0 Å². The van der Waals surface area contributed by atoms with E-state index in [1.807, 2.05) is 55.6 Å². The van der Waals surface area contributed by atoms with Gasteiger partial charge in [-0.2, -0.15) is 0 Å². The number of hydrogen-bond donors (Lipinski definition) is 2. The number of nitrogens with one attached hydrogen (secondary N) is 1. The van der Waals surface area contributed by atoms with Crippen LogP contribution < -0.4 is 10.1 Å². The van der Waals surface area contributed by atoms with E-state index in [-0.39, 0.29) is 37.1 Å². The Kier molecular flexibility index (Phi) is 13.1. The molecule has 1 heterocycles. The number of carbonyl (C=O) groups is 5. The van der Waals surface area contributed by atoms with Gasteiger partial charge in [0.05, 0.1) is 11.6 Å². The molecule has 4 aromatic carbocycles. The Balaban J connectivity index is 1.27. The maximum absolute atomic E-state index is 15.0. The lowest BCUT2D eigenvalue weighted by atomic mass is 9.86. The minimum atomic E-state index is -1.10. The molecule has 0 spiro atoms. The summed E-state index contributed by atoms with van der Waals surface area (Å²) in [6.45, 7) is 7.19. The number of carbonyl (C=O) groups excluding carboxylic acids is 4. The number of aryl methyl sites for hydroxylation is 1. The number of fused-ring (bicyclic) bond motifs is 2. The van der Waals surface area contributed by atoms with Gasteiger partial charge in [-0.05, 0) is 105 Å². The van der Waals surface area contributed by atoms with Gasteiger partial charge in [0.15, 0.2) is 0 Å². The van der Waals surface area contributed by atoms with Gasteiger partial charge in [-0.15, -0.1) is 0 Å². The molecule has 4 atom stereocenters. The third-order valence-electron chi connectivity index (χ3n) is 11.2. The van der Waals surface area contributed by atoms with E-state index in [1.54, 1.807) is 61.8 Å². The van der Waals surface area contributed by atoms with E-state index >= 15 is 4.79 Å². The van der Waals surface area contributed by atoms with Gasteiger partial charge in [-0.25, -0.2) is 9.59 Å². The highest BCUT2D eigenvalue weighted by atomic mass is 16.6. The highest BCUT2D eigenvalue weighted by molar-refractivity contribution is 5.94. The number of carboxylic acid groups (broad SMARTS) is 1. The number of benzene rings is 4. The summed E-state index contributed by atoms with van der Waals surface area (Å²) in [4.78, 5) is 72.5. The van der Waals surface area contributed by atoms with Gasteiger partial charge in [0.1, 0.15) is 36.1 Å². The number of carboxylic acids is 1. The number of amides is 4. The summed E-state index contributed by atoms with van der Waals surface area (Å²) in [5.41, 5.74) is 5.21. The van der Waals surface area contributed by atoms with E-state index in [1.165, 1.54) is 29.6 Å². The Morgan fingerprint density at radius 3 is 2.14 bits per heavy atom. The average molecular weight is 803 g/mol. The molecule has 0 radical (unpaired) electrons. The molecule has 0 fully saturated rings. The molecule has 1 aliphatic carbocycles. The van der Waals surface area contributed by atoms with Crippen molar-refractivity contribution in [3.05, 3.63) is 136 Å². The predicted octanol–water partition coefficient (Wildman–Crippen LogP) is 6.74. The van der Waals surface area contributed by atoms with Gasteiger partial charge < -0.3 is 29.7 Å². The Hall–Kier alpha value is -6.17. The molecule has 2 aliphatic rings. The molecule has 4 aromatic rings. The van der Waals surface area contributed by atoms with Crippen LogP contribution in [0.25, 0.3) is 0 Å². The van der Waals surface area contributed by atoms with Crippen LogP contribution in [0.5, 0.6) is 5.75 Å². The standard InChI is InChI=1S/C47H54N4O8/c1-30(49(5)46(57)59-47(2,3)4)42(52)48-39(26-31-20-24-37(25-21-31)58-29-32-18-22-34(23-19-32)45(55)56)43(53)51-28-36-14-8-7-13-35(36)27-41(51)44(54)50(6)40-17-11-15-33-12-9-10-16-38(33)40/h7-10,12-14,16,18-25,30,39-41H,11,15,17,26-29H2,1-6H3,(H,48,52)(H,55,56)/t30-,39-,40?,41?/m0/s1. The van der Waals surface area contributed by atoms with E-state index in [2.05, 4.69) is 17.4 Å². The molecule has 0 bridgehead atoms. The molecular formula is C47H54N4O8. The zero-order valence-electron chi connectivity index (χ0n) is 34.6. The van der Waals surface area contributed by atoms with Crippen LogP contribution in [0.2, 0.25) is 0 Å². The number of aromatic carboxylic acids is 1. The minimum absolute atomic E-state index is 0.0925. The molecule has 0 saturated carbocycles. The number of rotatable bonds is 12. The van der Waals surface area contributed by atoms with Gasteiger partial charge in [0.2, 0.25) is 17.7 Å². The smallest absolute Gasteiger partial charge is 0.410 e. The van der Waals surface area contributed by atoms with Gasteiger partial charge in [-0.3, -0.25) is 19.3 Å². The number of likely N-dealkylation sites (N-methyl/N-ethyl adjacent to an activating group) is 2. The number of ether oxygens (including phenoxy) is 2. The monoisotopic (exact) mass is 802 g/mol. The van der Waals surface area contributed by atoms with Crippen LogP contribution in [0.4, 0.5) is 4.79 Å². The van der Waals surface area contributed by atoms with Crippen LogP contribution >= 0.6 is 0 Å². The molecule has 59 heavy (non-hydrogen) atoms. The van der Waals surface area contributed by atoms with Crippen LogP contribution in [0, 0.1) is 0 Å². The lowest BCUT2D eigenvalue weighted by Gasteiger charge is -2.42. The quantitative estimate of drug-likeness (QED) is 0.160. The van der Waals surface area contributed by atoms with Crippen molar-refractivity contribution in [2.45, 2.75) is 103 Å². The second-order valence-electron chi connectivity index (χ2n) is 16.5. The van der Waals surface area contributed by atoms with Gasteiger partial charge in [0, 0.05) is 33.5 Å². The Labute approximate surface area is 346 Å². The fraction of sp³-hybridized carbons (Fsp3) is 0.383. The number of hydrogen-bond acceptors (Lipinski definition) is 7. The third kappa shape index (κ3) is 10.3. The normalized spacial score (nSPS) is 17.0. The fourth-order valence-corrected chi connectivity index (χ4v) is 7.72. The van der Waals surface area contributed by atoms with Crippen molar-refractivity contribution < 1.29 is 38.6 Å². The van der Waals surface area contributed by atoms with Crippen molar-refractivity contribution in [2.24, 2.45) is 0 Å².